The predicted molar refractivity (Wildman–Crippen MR) is 97.6 cm³/mol. The van der Waals surface area contributed by atoms with E-state index in [2.05, 4.69) is 15.2 Å². The van der Waals surface area contributed by atoms with Crippen molar-refractivity contribution in [3.05, 3.63) is 36.1 Å². The van der Waals surface area contributed by atoms with Crippen molar-refractivity contribution in [1.29, 1.82) is 0 Å². The van der Waals surface area contributed by atoms with Crippen molar-refractivity contribution in [3.8, 4) is 0 Å². The molecule has 1 aliphatic rings. The van der Waals surface area contributed by atoms with Crippen LogP contribution in [-0.2, 0) is 19.6 Å². The van der Waals surface area contributed by atoms with Gasteiger partial charge in [-0.05, 0) is 44.0 Å². The van der Waals surface area contributed by atoms with Gasteiger partial charge in [0.25, 0.3) is 10.0 Å². The Labute approximate surface area is 162 Å². The molecule has 150 valence electrons. The Balaban J connectivity index is 1.68. The van der Waals surface area contributed by atoms with E-state index in [0.29, 0.717) is 24.3 Å². The number of carboxylic acids is 1. The number of carboxylic acid groups (broad SMARTS) is 1. The third-order valence-corrected chi connectivity index (χ3v) is 6.08. The van der Waals surface area contributed by atoms with Crippen LogP contribution >= 0.6 is 0 Å². The molecule has 0 unspecified atom stereocenters. The van der Waals surface area contributed by atoms with Gasteiger partial charge >= 0.3 is 0 Å². The van der Waals surface area contributed by atoms with Gasteiger partial charge in [0, 0.05) is 29.6 Å². The second kappa shape index (κ2) is 8.01. The number of sulfonamides is 1. The van der Waals surface area contributed by atoms with Crippen molar-refractivity contribution in [2.24, 2.45) is 11.8 Å². The van der Waals surface area contributed by atoms with Crippen LogP contribution in [0.25, 0.3) is 0 Å². The van der Waals surface area contributed by atoms with E-state index >= 15 is 0 Å². The molecule has 1 aromatic carbocycles. The summed E-state index contributed by atoms with van der Waals surface area (Å²) in [7, 11) is -3.86. The summed E-state index contributed by atoms with van der Waals surface area (Å²) < 4.78 is 31.8. The van der Waals surface area contributed by atoms with Crippen LogP contribution < -0.4 is 15.1 Å². The molecule has 0 aliphatic heterocycles. The molecule has 10 heteroatoms. The van der Waals surface area contributed by atoms with Crippen molar-refractivity contribution in [2.45, 2.75) is 37.5 Å². The first-order chi connectivity index (χ1) is 13.3. The first kappa shape index (κ1) is 19.9. The van der Waals surface area contributed by atoms with Crippen LogP contribution in [0.4, 0.5) is 11.5 Å². The number of aliphatic carboxylic acids is 1. The van der Waals surface area contributed by atoms with E-state index in [4.69, 9.17) is 4.52 Å². The maximum atomic E-state index is 12.5. The lowest BCUT2D eigenvalue weighted by Crippen LogP contribution is -2.42. The van der Waals surface area contributed by atoms with Gasteiger partial charge in [-0.1, -0.05) is 18.0 Å². The number of aromatic nitrogens is 1. The van der Waals surface area contributed by atoms with E-state index in [1.54, 1.807) is 6.92 Å². The molecule has 0 spiro atoms. The second-order valence-corrected chi connectivity index (χ2v) is 8.44. The average Bonchev–Trinajstić information content (AvgIpc) is 3.06. The third kappa shape index (κ3) is 4.50. The van der Waals surface area contributed by atoms with Crippen molar-refractivity contribution in [1.82, 2.24) is 5.16 Å². The monoisotopic (exact) mass is 406 g/mol. The van der Waals surface area contributed by atoms with Crippen LogP contribution in [0.15, 0.2) is 39.8 Å². The van der Waals surface area contributed by atoms with Gasteiger partial charge in [0.15, 0.2) is 5.82 Å². The number of anilines is 2. The maximum absolute atomic E-state index is 12.5. The summed E-state index contributed by atoms with van der Waals surface area (Å²) in [6.07, 6.45) is 2.45. The SMILES string of the molecule is Cc1cc(NS(=O)(=O)c2ccc(NC(=O)[C@@H]3CCCC[C@@H]3C(=O)[O-])cc2)no1. The van der Waals surface area contributed by atoms with E-state index in [9.17, 15) is 23.1 Å². The van der Waals surface area contributed by atoms with Crippen LogP contribution in [0, 0.1) is 18.8 Å². The number of nitrogens with zero attached hydrogens (tertiary/aromatic N) is 1. The summed E-state index contributed by atoms with van der Waals surface area (Å²) in [6, 6.07) is 7.00. The topological polar surface area (TPSA) is 141 Å². The molecule has 2 atom stereocenters. The summed E-state index contributed by atoms with van der Waals surface area (Å²) in [5, 5.41) is 17.5. The zero-order valence-corrected chi connectivity index (χ0v) is 16.0. The molecule has 1 heterocycles. The number of benzene rings is 1. The second-order valence-electron chi connectivity index (χ2n) is 6.76. The van der Waals surface area contributed by atoms with E-state index in [0.717, 1.165) is 12.8 Å². The summed E-state index contributed by atoms with van der Waals surface area (Å²) in [6.45, 7) is 1.64. The Morgan fingerprint density at radius 2 is 1.79 bits per heavy atom. The number of carbonyl (C=O) groups is 2. The maximum Gasteiger partial charge on any atom is 0.263 e. The number of hydrogen-bond acceptors (Lipinski definition) is 7. The molecule has 1 amide bonds. The van der Waals surface area contributed by atoms with Gasteiger partial charge in [0.1, 0.15) is 5.76 Å². The first-order valence-electron chi connectivity index (χ1n) is 8.84. The van der Waals surface area contributed by atoms with Gasteiger partial charge in [-0.2, -0.15) is 0 Å². The standard InChI is InChI=1S/C18H21N3O6S/c1-11-10-16(20-27-11)21-28(25,26)13-8-6-12(7-9-13)19-17(22)14-4-2-3-5-15(14)18(23)24/h6-10,14-15H,2-5H2,1H3,(H,19,22)(H,20,21)(H,23,24)/p-1/t14-,15+/m1/s1. The Hall–Kier alpha value is -2.88. The van der Waals surface area contributed by atoms with Crippen LogP contribution in [0.2, 0.25) is 0 Å². The predicted octanol–water partition coefficient (Wildman–Crippen LogP) is 1.28. The molecule has 0 saturated heterocycles. The summed E-state index contributed by atoms with van der Waals surface area (Å²) in [4.78, 5) is 23.7. The summed E-state index contributed by atoms with van der Waals surface area (Å²) in [5.74, 6) is -2.53. The third-order valence-electron chi connectivity index (χ3n) is 4.70. The van der Waals surface area contributed by atoms with E-state index in [-0.39, 0.29) is 10.7 Å². The Morgan fingerprint density at radius 3 is 2.36 bits per heavy atom. The summed E-state index contributed by atoms with van der Waals surface area (Å²) >= 11 is 0. The minimum atomic E-state index is -3.86. The van der Waals surface area contributed by atoms with Crippen molar-refractivity contribution in [3.63, 3.8) is 0 Å². The highest BCUT2D eigenvalue weighted by atomic mass is 32.2. The molecule has 1 aromatic heterocycles. The number of amides is 1. The Morgan fingerprint density at radius 1 is 1.14 bits per heavy atom. The number of rotatable bonds is 6. The zero-order valence-electron chi connectivity index (χ0n) is 15.2. The Kier molecular flexibility index (Phi) is 5.68. The molecule has 9 nitrogen and oxygen atoms in total. The molecule has 2 aromatic rings. The van der Waals surface area contributed by atoms with Crippen molar-refractivity contribution >= 4 is 33.4 Å². The fourth-order valence-electron chi connectivity index (χ4n) is 3.29. The van der Waals surface area contributed by atoms with Crippen LogP contribution in [-0.4, -0.2) is 25.5 Å². The molecular weight excluding hydrogens is 386 g/mol. The van der Waals surface area contributed by atoms with Crippen LogP contribution in [0.1, 0.15) is 31.4 Å². The highest BCUT2D eigenvalue weighted by molar-refractivity contribution is 7.92. The normalized spacial score (nSPS) is 19.8. The van der Waals surface area contributed by atoms with E-state index in [1.165, 1.54) is 30.3 Å². The molecular formula is C18H20N3O6S-. The highest BCUT2D eigenvalue weighted by Crippen LogP contribution is 2.31. The smallest absolute Gasteiger partial charge is 0.263 e. The number of hydrogen-bond donors (Lipinski definition) is 2. The zero-order chi connectivity index (χ0) is 20.3. The minimum absolute atomic E-state index is 0.0172. The fourth-order valence-corrected chi connectivity index (χ4v) is 4.27. The largest absolute Gasteiger partial charge is 0.550 e. The number of aryl methyl sites for hydroxylation is 1. The summed E-state index contributed by atoms with van der Waals surface area (Å²) in [5.41, 5.74) is 0.379. The minimum Gasteiger partial charge on any atom is -0.550 e. The lowest BCUT2D eigenvalue weighted by Gasteiger charge is -2.31. The molecule has 1 aliphatic carbocycles. The molecule has 3 rings (SSSR count). The van der Waals surface area contributed by atoms with Gasteiger partial charge in [-0.3, -0.25) is 9.52 Å². The fraction of sp³-hybridized carbons (Fsp3) is 0.389. The lowest BCUT2D eigenvalue weighted by molar-refractivity contribution is -0.313. The van der Waals surface area contributed by atoms with Gasteiger partial charge in [0.2, 0.25) is 5.91 Å². The molecule has 1 fully saturated rings. The van der Waals surface area contributed by atoms with Gasteiger partial charge in [-0.15, -0.1) is 0 Å². The number of nitrogens with one attached hydrogen (secondary N) is 2. The van der Waals surface area contributed by atoms with E-state index in [1.807, 2.05) is 0 Å². The van der Waals surface area contributed by atoms with Gasteiger partial charge in [0.05, 0.1) is 4.90 Å². The van der Waals surface area contributed by atoms with Gasteiger partial charge < -0.3 is 19.7 Å². The average molecular weight is 406 g/mol. The van der Waals surface area contributed by atoms with E-state index < -0.39 is 33.7 Å². The van der Waals surface area contributed by atoms with Gasteiger partial charge in [-0.25, -0.2) is 8.42 Å². The van der Waals surface area contributed by atoms with Crippen molar-refractivity contribution in [2.75, 3.05) is 10.0 Å². The van der Waals surface area contributed by atoms with Crippen LogP contribution in [0.5, 0.6) is 0 Å². The molecule has 0 radical (unpaired) electrons. The molecule has 1 saturated carbocycles. The van der Waals surface area contributed by atoms with Crippen molar-refractivity contribution < 1.29 is 27.6 Å². The lowest BCUT2D eigenvalue weighted by atomic mass is 9.78. The molecule has 2 N–H and O–H groups in total. The van der Waals surface area contributed by atoms with Crippen LogP contribution in [0.3, 0.4) is 0 Å². The number of carbonyl (C=O) groups excluding carboxylic acids is 2. The highest BCUT2D eigenvalue weighted by Gasteiger charge is 2.31. The molecule has 28 heavy (non-hydrogen) atoms. The quantitative estimate of drug-likeness (QED) is 0.736. The Bertz CT molecular complexity index is 967. The first-order valence-corrected chi connectivity index (χ1v) is 10.3. The molecule has 0 bridgehead atoms.